The molecular weight excluding hydrogens is 310 g/mol. The number of nitrogens with zero attached hydrogens (tertiary/aromatic N) is 2. The van der Waals surface area contributed by atoms with Gasteiger partial charge in [-0.25, -0.2) is 4.79 Å². The number of amides is 2. The van der Waals surface area contributed by atoms with Crippen molar-refractivity contribution in [2.24, 2.45) is 11.8 Å². The summed E-state index contributed by atoms with van der Waals surface area (Å²) >= 11 is 6.09. The largest absolute Gasteiger partial charge is 0.321 e. The zero-order valence-electron chi connectivity index (χ0n) is 14.6. The highest BCUT2D eigenvalue weighted by Crippen LogP contribution is 2.23. The van der Waals surface area contributed by atoms with Gasteiger partial charge in [-0.1, -0.05) is 51.4 Å². The molecule has 1 aromatic carbocycles. The predicted octanol–water partition coefficient (Wildman–Crippen LogP) is 4.17. The molecule has 0 bridgehead atoms. The SMILES string of the molecule is CC(C)CN(CC(C)C)C1CN(C(=O)Nc2ccccc2Cl)C1. The highest BCUT2D eigenvalue weighted by Gasteiger charge is 2.35. The molecule has 2 rings (SSSR count). The highest BCUT2D eigenvalue weighted by atomic mass is 35.5. The first-order valence-electron chi connectivity index (χ1n) is 8.41. The van der Waals surface area contributed by atoms with Gasteiger partial charge in [0, 0.05) is 32.2 Å². The zero-order chi connectivity index (χ0) is 17.0. The topological polar surface area (TPSA) is 35.6 Å². The Hall–Kier alpha value is -1.26. The molecule has 1 aliphatic rings. The van der Waals surface area contributed by atoms with Gasteiger partial charge < -0.3 is 10.2 Å². The molecule has 0 radical (unpaired) electrons. The van der Waals surface area contributed by atoms with E-state index in [0.29, 0.717) is 28.6 Å². The van der Waals surface area contributed by atoms with Crippen LogP contribution in [-0.2, 0) is 0 Å². The Labute approximate surface area is 144 Å². The number of likely N-dealkylation sites (tertiary alicyclic amines) is 1. The minimum absolute atomic E-state index is 0.0663. The van der Waals surface area contributed by atoms with E-state index >= 15 is 0 Å². The minimum Gasteiger partial charge on any atom is -0.321 e. The van der Waals surface area contributed by atoms with Crippen LogP contribution in [0.3, 0.4) is 0 Å². The molecule has 1 saturated heterocycles. The van der Waals surface area contributed by atoms with Crippen LogP contribution in [-0.4, -0.2) is 48.1 Å². The fraction of sp³-hybridized carbons (Fsp3) is 0.611. The van der Waals surface area contributed by atoms with E-state index in [9.17, 15) is 4.79 Å². The fourth-order valence-corrected chi connectivity index (χ4v) is 3.10. The van der Waals surface area contributed by atoms with Crippen molar-refractivity contribution in [2.75, 3.05) is 31.5 Å². The number of halogens is 1. The van der Waals surface area contributed by atoms with Gasteiger partial charge in [-0.2, -0.15) is 0 Å². The Morgan fingerprint density at radius 2 is 1.78 bits per heavy atom. The summed E-state index contributed by atoms with van der Waals surface area (Å²) in [6, 6.07) is 7.73. The van der Waals surface area contributed by atoms with Crippen LogP contribution in [0.25, 0.3) is 0 Å². The van der Waals surface area contributed by atoms with E-state index in [1.165, 1.54) is 0 Å². The summed E-state index contributed by atoms with van der Waals surface area (Å²) in [6.07, 6.45) is 0. The van der Waals surface area contributed by atoms with E-state index < -0.39 is 0 Å². The summed E-state index contributed by atoms with van der Waals surface area (Å²) in [5, 5.41) is 3.46. The van der Waals surface area contributed by atoms with Gasteiger partial charge in [-0.05, 0) is 24.0 Å². The van der Waals surface area contributed by atoms with E-state index in [1.807, 2.05) is 23.1 Å². The third-order valence-corrected chi connectivity index (χ3v) is 4.31. The minimum atomic E-state index is -0.0663. The Balaban J connectivity index is 1.86. The molecule has 2 amide bonds. The molecule has 128 valence electrons. The molecule has 0 unspecified atom stereocenters. The summed E-state index contributed by atoms with van der Waals surface area (Å²) < 4.78 is 0. The first-order valence-corrected chi connectivity index (χ1v) is 8.79. The van der Waals surface area contributed by atoms with Crippen molar-refractivity contribution in [2.45, 2.75) is 33.7 Å². The molecule has 5 heteroatoms. The summed E-state index contributed by atoms with van der Waals surface area (Å²) in [6.45, 7) is 12.7. The number of benzene rings is 1. The third-order valence-electron chi connectivity index (χ3n) is 3.98. The number of carbonyl (C=O) groups is 1. The van der Waals surface area contributed by atoms with Crippen LogP contribution in [0.4, 0.5) is 10.5 Å². The van der Waals surface area contributed by atoms with Gasteiger partial charge in [0.15, 0.2) is 0 Å². The maximum Gasteiger partial charge on any atom is 0.321 e. The molecule has 1 aromatic rings. The van der Waals surface area contributed by atoms with Crippen LogP contribution in [0.1, 0.15) is 27.7 Å². The second kappa shape index (κ2) is 8.02. The average molecular weight is 338 g/mol. The van der Waals surface area contributed by atoms with Crippen molar-refractivity contribution in [3.63, 3.8) is 0 Å². The summed E-state index contributed by atoms with van der Waals surface area (Å²) in [5.41, 5.74) is 0.670. The normalized spacial score (nSPS) is 15.4. The molecule has 23 heavy (non-hydrogen) atoms. The van der Waals surface area contributed by atoms with Gasteiger partial charge in [0.25, 0.3) is 0 Å². The lowest BCUT2D eigenvalue weighted by molar-refractivity contribution is 0.0464. The van der Waals surface area contributed by atoms with E-state index in [2.05, 4.69) is 37.9 Å². The predicted molar refractivity (Wildman–Crippen MR) is 97.1 cm³/mol. The maximum atomic E-state index is 12.3. The van der Waals surface area contributed by atoms with Crippen molar-refractivity contribution < 1.29 is 4.79 Å². The van der Waals surface area contributed by atoms with Crippen molar-refractivity contribution in [1.29, 1.82) is 0 Å². The maximum absolute atomic E-state index is 12.3. The molecule has 4 nitrogen and oxygen atoms in total. The molecule has 1 aliphatic heterocycles. The summed E-state index contributed by atoms with van der Waals surface area (Å²) in [5.74, 6) is 1.28. The second-order valence-electron chi connectivity index (χ2n) is 7.21. The Kier molecular flexibility index (Phi) is 6.31. The first kappa shape index (κ1) is 18.1. The molecule has 0 aromatic heterocycles. The number of anilines is 1. The van der Waals surface area contributed by atoms with Crippen molar-refractivity contribution in [1.82, 2.24) is 9.80 Å². The lowest BCUT2D eigenvalue weighted by Crippen LogP contribution is -2.62. The Morgan fingerprint density at radius 3 is 2.30 bits per heavy atom. The lowest BCUT2D eigenvalue weighted by atomic mass is 10.0. The van der Waals surface area contributed by atoms with Crippen LogP contribution in [0.2, 0.25) is 5.02 Å². The number of hydrogen-bond donors (Lipinski definition) is 1. The number of hydrogen-bond acceptors (Lipinski definition) is 2. The van der Waals surface area contributed by atoms with Crippen molar-refractivity contribution >= 4 is 23.3 Å². The van der Waals surface area contributed by atoms with Gasteiger partial charge >= 0.3 is 6.03 Å². The van der Waals surface area contributed by atoms with E-state index in [1.54, 1.807) is 6.07 Å². The Morgan fingerprint density at radius 1 is 1.22 bits per heavy atom. The first-order chi connectivity index (χ1) is 10.9. The van der Waals surface area contributed by atoms with Crippen molar-refractivity contribution in [3.05, 3.63) is 29.3 Å². The van der Waals surface area contributed by atoms with E-state index in [-0.39, 0.29) is 6.03 Å². The zero-order valence-corrected chi connectivity index (χ0v) is 15.3. The van der Waals surface area contributed by atoms with Crippen molar-refractivity contribution in [3.8, 4) is 0 Å². The molecule has 1 heterocycles. The molecule has 1 fully saturated rings. The van der Waals surface area contributed by atoms with Crippen LogP contribution >= 0.6 is 11.6 Å². The van der Waals surface area contributed by atoms with Crippen LogP contribution < -0.4 is 5.32 Å². The second-order valence-corrected chi connectivity index (χ2v) is 7.62. The number of urea groups is 1. The third kappa shape index (κ3) is 5.11. The average Bonchev–Trinajstić information content (AvgIpc) is 2.38. The number of nitrogens with one attached hydrogen (secondary N) is 1. The van der Waals surface area contributed by atoms with Crippen LogP contribution in [0, 0.1) is 11.8 Å². The fourth-order valence-electron chi connectivity index (χ4n) is 2.92. The van der Waals surface area contributed by atoms with Gasteiger partial charge in [0.05, 0.1) is 10.7 Å². The number of rotatable bonds is 6. The number of para-hydroxylation sites is 1. The molecular formula is C18H28ClN3O. The van der Waals surface area contributed by atoms with Gasteiger partial charge in [-0.15, -0.1) is 0 Å². The molecule has 0 aliphatic carbocycles. The highest BCUT2D eigenvalue weighted by molar-refractivity contribution is 6.33. The molecule has 0 spiro atoms. The van der Waals surface area contributed by atoms with Crippen LogP contribution in [0.5, 0.6) is 0 Å². The lowest BCUT2D eigenvalue weighted by Gasteiger charge is -2.46. The number of carbonyl (C=O) groups excluding carboxylic acids is 1. The summed E-state index contributed by atoms with van der Waals surface area (Å²) in [4.78, 5) is 16.7. The quantitative estimate of drug-likeness (QED) is 0.845. The van der Waals surface area contributed by atoms with Gasteiger partial charge in [-0.3, -0.25) is 4.90 Å². The smallest absolute Gasteiger partial charge is 0.321 e. The molecule has 1 N–H and O–H groups in total. The van der Waals surface area contributed by atoms with Crippen LogP contribution in [0.15, 0.2) is 24.3 Å². The van der Waals surface area contributed by atoms with E-state index in [4.69, 9.17) is 11.6 Å². The molecule has 0 saturated carbocycles. The standard InChI is InChI=1S/C18H28ClN3O/c1-13(2)9-21(10-14(3)4)15-11-22(12-15)18(23)20-17-8-6-5-7-16(17)19/h5-8,13-15H,9-12H2,1-4H3,(H,20,23). The van der Waals surface area contributed by atoms with E-state index in [0.717, 1.165) is 26.2 Å². The van der Waals surface area contributed by atoms with Gasteiger partial charge in [0.2, 0.25) is 0 Å². The van der Waals surface area contributed by atoms with Gasteiger partial charge in [0.1, 0.15) is 0 Å². The molecule has 0 atom stereocenters. The summed E-state index contributed by atoms with van der Waals surface area (Å²) in [7, 11) is 0. The Bertz CT molecular complexity index is 517. The monoisotopic (exact) mass is 337 g/mol.